The van der Waals surface area contributed by atoms with Crippen LogP contribution in [0.3, 0.4) is 0 Å². The second-order valence-electron chi connectivity index (χ2n) is 8.19. The number of para-hydroxylation sites is 1. The number of benzene rings is 2. The van der Waals surface area contributed by atoms with Crippen molar-refractivity contribution in [1.82, 2.24) is 10.2 Å². The summed E-state index contributed by atoms with van der Waals surface area (Å²) in [6.07, 6.45) is -2.01. The Morgan fingerprint density at radius 2 is 1.85 bits per heavy atom. The number of likely N-dealkylation sites (tertiary alicyclic amines) is 1. The van der Waals surface area contributed by atoms with Crippen LogP contribution in [0.4, 0.5) is 13.2 Å². The highest BCUT2D eigenvalue weighted by atomic mass is 19.4. The van der Waals surface area contributed by atoms with E-state index in [0.717, 1.165) is 30.5 Å². The van der Waals surface area contributed by atoms with E-state index in [2.05, 4.69) is 5.32 Å². The lowest BCUT2D eigenvalue weighted by atomic mass is 9.83. The topological polar surface area (TPSA) is 58.6 Å². The van der Waals surface area contributed by atoms with Crippen LogP contribution in [-0.4, -0.2) is 30.4 Å². The second kappa shape index (κ2) is 10.7. The molecule has 1 N–H and O–H groups in total. The van der Waals surface area contributed by atoms with Crippen molar-refractivity contribution >= 4 is 11.8 Å². The van der Waals surface area contributed by atoms with E-state index in [1.54, 1.807) is 12.0 Å². The third-order valence-electron chi connectivity index (χ3n) is 6.00. The number of nitrogens with zero attached hydrogens (tertiary/aromatic N) is 1. The monoisotopic (exact) mass is 462 g/mol. The van der Waals surface area contributed by atoms with Gasteiger partial charge in [0.2, 0.25) is 11.8 Å². The Morgan fingerprint density at radius 1 is 1.15 bits per heavy atom. The maximum atomic E-state index is 13.2. The van der Waals surface area contributed by atoms with Gasteiger partial charge in [-0.15, -0.1) is 0 Å². The molecule has 1 fully saturated rings. The van der Waals surface area contributed by atoms with Crippen molar-refractivity contribution in [3.63, 3.8) is 0 Å². The van der Waals surface area contributed by atoms with E-state index in [0.29, 0.717) is 24.3 Å². The number of carbonyl (C=O) groups is 2. The number of amides is 2. The lowest BCUT2D eigenvalue weighted by Crippen LogP contribution is -2.48. The van der Waals surface area contributed by atoms with Crippen molar-refractivity contribution in [3.05, 3.63) is 65.2 Å². The predicted molar refractivity (Wildman–Crippen MR) is 118 cm³/mol. The Hall–Kier alpha value is -3.03. The van der Waals surface area contributed by atoms with E-state index in [4.69, 9.17) is 4.74 Å². The van der Waals surface area contributed by atoms with Crippen LogP contribution in [-0.2, 0) is 22.3 Å². The molecule has 1 aliphatic heterocycles. The quantitative estimate of drug-likeness (QED) is 0.593. The predicted octanol–water partition coefficient (Wildman–Crippen LogP) is 5.11. The van der Waals surface area contributed by atoms with Gasteiger partial charge in [0.05, 0.1) is 24.6 Å². The van der Waals surface area contributed by atoms with Gasteiger partial charge in [-0.2, -0.15) is 13.2 Å². The third kappa shape index (κ3) is 5.86. The second-order valence-corrected chi connectivity index (χ2v) is 8.19. The number of hydrogen-bond acceptors (Lipinski definition) is 3. The first-order valence-electron chi connectivity index (χ1n) is 11.1. The fourth-order valence-electron chi connectivity index (χ4n) is 4.25. The summed E-state index contributed by atoms with van der Waals surface area (Å²) in [5.41, 5.74) is 0.616. The average Bonchev–Trinajstić information content (AvgIpc) is 2.81. The van der Waals surface area contributed by atoms with E-state index >= 15 is 0 Å². The first-order chi connectivity index (χ1) is 15.8. The molecule has 0 aromatic heterocycles. The number of unbranched alkanes of at least 4 members (excludes halogenated alkanes) is 1. The molecule has 1 heterocycles. The minimum Gasteiger partial charge on any atom is -0.496 e. The molecular formula is C25H29F3N2O3. The SMILES string of the molecule is CCCCN1C(=O)CCC(C(=O)NCc2ccc(C(F)(F)F)cc2)C1c1ccccc1OC. The minimum atomic E-state index is -4.40. The van der Waals surface area contributed by atoms with Crippen molar-refractivity contribution in [1.29, 1.82) is 0 Å². The van der Waals surface area contributed by atoms with E-state index in [9.17, 15) is 22.8 Å². The lowest BCUT2D eigenvalue weighted by Gasteiger charge is -2.41. The van der Waals surface area contributed by atoms with Crippen LogP contribution in [0.1, 0.15) is 55.3 Å². The van der Waals surface area contributed by atoms with Crippen molar-refractivity contribution in [2.45, 2.75) is 51.4 Å². The molecule has 178 valence electrons. The van der Waals surface area contributed by atoms with E-state index in [1.807, 2.05) is 31.2 Å². The molecule has 1 saturated heterocycles. The van der Waals surface area contributed by atoms with Crippen LogP contribution in [0.2, 0.25) is 0 Å². The first kappa shape index (κ1) is 24.6. The molecule has 2 atom stereocenters. The molecule has 33 heavy (non-hydrogen) atoms. The Bertz CT molecular complexity index is 960. The van der Waals surface area contributed by atoms with Gasteiger partial charge in [0.15, 0.2) is 0 Å². The van der Waals surface area contributed by atoms with Crippen LogP contribution < -0.4 is 10.1 Å². The summed E-state index contributed by atoms with van der Waals surface area (Å²) in [4.78, 5) is 27.8. The summed E-state index contributed by atoms with van der Waals surface area (Å²) in [6.45, 7) is 2.69. The number of nitrogens with one attached hydrogen (secondary N) is 1. The van der Waals surface area contributed by atoms with E-state index < -0.39 is 23.7 Å². The molecule has 3 rings (SSSR count). The zero-order valence-electron chi connectivity index (χ0n) is 18.8. The fraction of sp³-hybridized carbons (Fsp3) is 0.440. The summed E-state index contributed by atoms with van der Waals surface area (Å²) in [5, 5.41) is 2.86. The molecule has 0 aliphatic carbocycles. The van der Waals surface area contributed by atoms with Crippen molar-refractivity contribution < 1.29 is 27.5 Å². The number of piperidine rings is 1. The van der Waals surface area contributed by atoms with Gasteiger partial charge >= 0.3 is 6.18 Å². The van der Waals surface area contributed by atoms with E-state index in [1.165, 1.54) is 12.1 Å². The van der Waals surface area contributed by atoms with Gasteiger partial charge in [-0.05, 0) is 36.6 Å². The molecule has 0 saturated carbocycles. The highest BCUT2D eigenvalue weighted by Crippen LogP contribution is 2.41. The summed E-state index contributed by atoms with van der Waals surface area (Å²) in [5.74, 6) is -0.115. The Kier molecular flexibility index (Phi) is 8.00. The lowest BCUT2D eigenvalue weighted by molar-refractivity contribution is -0.143. The standard InChI is InChI=1S/C25H29F3N2O3/c1-3-4-15-30-22(31)14-13-20(23(30)19-7-5-6-8-21(19)33-2)24(32)29-16-17-9-11-18(12-10-17)25(26,27)28/h5-12,20,23H,3-4,13-16H2,1-2H3,(H,29,32). The van der Waals surface area contributed by atoms with Crippen LogP contribution >= 0.6 is 0 Å². The normalized spacial score (nSPS) is 18.8. The van der Waals surface area contributed by atoms with Gasteiger partial charge < -0.3 is 15.0 Å². The number of halogens is 3. The van der Waals surface area contributed by atoms with Gasteiger partial charge in [0.25, 0.3) is 0 Å². The fourth-order valence-corrected chi connectivity index (χ4v) is 4.25. The van der Waals surface area contributed by atoms with Gasteiger partial charge in [-0.25, -0.2) is 0 Å². The molecule has 2 aromatic rings. The maximum Gasteiger partial charge on any atom is 0.416 e. The van der Waals surface area contributed by atoms with Crippen LogP contribution in [0.25, 0.3) is 0 Å². The van der Waals surface area contributed by atoms with Crippen LogP contribution in [0.5, 0.6) is 5.75 Å². The molecule has 2 amide bonds. The summed E-state index contributed by atoms with van der Waals surface area (Å²) in [7, 11) is 1.56. The van der Waals surface area contributed by atoms with Crippen LogP contribution in [0, 0.1) is 5.92 Å². The Morgan fingerprint density at radius 3 is 2.48 bits per heavy atom. The third-order valence-corrected chi connectivity index (χ3v) is 6.00. The molecular weight excluding hydrogens is 433 g/mol. The molecule has 0 bridgehead atoms. The van der Waals surface area contributed by atoms with Crippen molar-refractivity contribution in [3.8, 4) is 5.75 Å². The summed E-state index contributed by atoms with van der Waals surface area (Å²) < 4.78 is 43.9. The average molecular weight is 463 g/mol. The molecule has 0 radical (unpaired) electrons. The van der Waals surface area contributed by atoms with Crippen molar-refractivity contribution in [2.24, 2.45) is 5.92 Å². The summed E-state index contributed by atoms with van der Waals surface area (Å²) >= 11 is 0. The Labute approximate surface area is 191 Å². The zero-order chi connectivity index (χ0) is 24.0. The molecule has 5 nitrogen and oxygen atoms in total. The highest BCUT2D eigenvalue weighted by molar-refractivity contribution is 5.85. The number of ether oxygens (including phenoxy) is 1. The smallest absolute Gasteiger partial charge is 0.416 e. The molecule has 8 heteroatoms. The first-order valence-corrected chi connectivity index (χ1v) is 11.1. The molecule has 1 aliphatic rings. The van der Waals surface area contributed by atoms with Gasteiger partial charge in [-0.1, -0.05) is 43.7 Å². The van der Waals surface area contributed by atoms with Crippen LogP contribution in [0.15, 0.2) is 48.5 Å². The Balaban J connectivity index is 1.82. The number of rotatable bonds is 8. The maximum absolute atomic E-state index is 13.2. The number of alkyl halides is 3. The number of carbonyl (C=O) groups excluding carboxylic acids is 2. The summed E-state index contributed by atoms with van der Waals surface area (Å²) in [6, 6.07) is 11.6. The minimum absolute atomic E-state index is 0.00569. The van der Waals surface area contributed by atoms with Crippen molar-refractivity contribution in [2.75, 3.05) is 13.7 Å². The van der Waals surface area contributed by atoms with Gasteiger partial charge in [0.1, 0.15) is 5.75 Å². The number of hydrogen-bond donors (Lipinski definition) is 1. The van der Waals surface area contributed by atoms with Gasteiger partial charge in [0, 0.05) is 25.1 Å². The largest absolute Gasteiger partial charge is 0.496 e. The van der Waals surface area contributed by atoms with E-state index in [-0.39, 0.29) is 24.8 Å². The van der Waals surface area contributed by atoms with Gasteiger partial charge in [-0.3, -0.25) is 9.59 Å². The molecule has 2 unspecified atom stereocenters. The molecule has 0 spiro atoms. The highest BCUT2D eigenvalue weighted by Gasteiger charge is 2.41. The number of methoxy groups -OCH3 is 1. The molecule has 2 aromatic carbocycles. The zero-order valence-corrected chi connectivity index (χ0v) is 18.8.